The molecule has 1 saturated heterocycles. The van der Waals surface area contributed by atoms with Gasteiger partial charge >= 0.3 is 6.01 Å². The second-order valence-electron chi connectivity index (χ2n) is 4.87. The monoisotopic (exact) mass is 265 g/mol. The molecule has 0 spiro atoms. The van der Waals surface area contributed by atoms with E-state index in [0.29, 0.717) is 24.0 Å². The average Bonchev–Trinajstić information content (AvgIpc) is 2.79. The molecular weight excluding hydrogens is 242 g/mol. The molecule has 1 N–H and O–H groups in total. The van der Waals surface area contributed by atoms with Crippen molar-refractivity contribution in [2.45, 2.75) is 52.1 Å². The molecular formula is C13H23N5O. The topological polar surface area (TPSA) is 63.2 Å². The van der Waals surface area contributed by atoms with Gasteiger partial charge in [-0.3, -0.25) is 0 Å². The van der Waals surface area contributed by atoms with Gasteiger partial charge in [-0.15, -0.1) is 0 Å². The highest BCUT2D eigenvalue weighted by Crippen LogP contribution is 2.30. The molecule has 0 saturated carbocycles. The molecule has 0 aliphatic carbocycles. The van der Waals surface area contributed by atoms with Gasteiger partial charge in [-0.25, -0.2) is 0 Å². The summed E-state index contributed by atoms with van der Waals surface area (Å²) in [7, 11) is 1.58. The highest BCUT2D eigenvalue weighted by atomic mass is 16.5. The van der Waals surface area contributed by atoms with Gasteiger partial charge in [0.25, 0.3) is 0 Å². The molecule has 0 aromatic carbocycles. The Hall–Kier alpha value is -1.59. The first-order chi connectivity index (χ1) is 9.19. The summed E-state index contributed by atoms with van der Waals surface area (Å²) in [6.45, 7) is 7.22. The Morgan fingerprint density at radius 1 is 1.26 bits per heavy atom. The van der Waals surface area contributed by atoms with Crippen molar-refractivity contribution >= 4 is 11.9 Å². The lowest BCUT2D eigenvalue weighted by molar-refractivity contribution is 0.378. The molecule has 6 heteroatoms. The maximum absolute atomic E-state index is 5.18. The van der Waals surface area contributed by atoms with E-state index in [1.807, 2.05) is 6.92 Å². The minimum atomic E-state index is 0.370. The quantitative estimate of drug-likeness (QED) is 0.879. The van der Waals surface area contributed by atoms with E-state index < -0.39 is 0 Å². The van der Waals surface area contributed by atoms with Crippen LogP contribution < -0.4 is 15.0 Å². The summed E-state index contributed by atoms with van der Waals surface area (Å²) in [6.07, 6.45) is 3.49. The van der Waals surface area contributed by atoms with Crippen LogP contribution in [0, 0.1) is 0 Å². The third-order valence-electron chi connectivity index (χ3n) is 3.61. The number of aromatic nitrogens is 3. The van der Waals surface area contributed by atoms with Crippen LogP contribution in [-0.4, -0.2) is 40.7 Å². The van der Waals surface area contributed by atoms with Gasteiger partial charge in [-0.1, -0.05) is 6.92 Å². The van der Waals surface area contributed by atoms with E-state index in [2.05, 4.69) is 39.0 Å². The van der Waals surface area contributed by atoms with Crippen molar-refractivity contribution in [2.24, 2.45) is 0 Å². The van der Waals surface area contributed by atoms with Gasteiger partial charge in [-0.2, -0.15) is 15.0 Å². The fourth-order valence-corrected chi connectivity index (χ4v) is 2.62. The molecule has 2 unspecified atom stereocenters. The van der Waals surface area contributed by atoms with Crippen molar-refractivity contribution in [3.05, 3.63) is 0 Å². The summed E-state index contributed by atoms with van der Waals surface area (Å²) in [5, 5.41) is 3.12. The molecule has 2 rings (SSSR count). The maximum Gasteiger partial charge on any atom is 0.322 e. The Bertz CT molecular complexity index is 425. The molecule has 19 heavy (non-hydrogen) atoms. The molecule has 1 aliphatic rings. The van der Waals surface area contributed by atoms with Crippen LogP contribution in [0.25, 0.3) is 0 Å². The smallest absolute Gasteiger partial charge is 0.322 e. The largest absolute Gasteiger partial charge is 0.467 e. The fraction of sp³-hybridized carbons (Fsp3) is 0.769. The predicted octanol–water partition coefficient (Wildman–Crippen LogP) is 2.08. The second kappa shape index (κ2) is 6.04. The standard InChI is InChI=1S/C13H23N5O/c1-5-10-8-7-9(3)18(10)12-15-11(14-6-2)16-13(17-12)19-4/h9-10H,5-8H2,1-4H3,(H,14,15,16,17). The van der Waals surface area contributed by atoms with Crippen LogP contribution in [-0.2, 0) is 0 Å². The molecule has 1 fully saturated rings. The van der Waals surface area contributed by atoms with Gasteiger partial charge in [0.15, 0.2) is 0 Å². The van der Waals surface area contributed by atoms with Gasteiger partial charge in [-0.05, 0) is 33.1 Å². The highest BCUT2D eigenvalue weighted by Gasteiger charge is 2.32. The minimum absolute atomic E-state index is 0.370. The Kier molecular flexibility index (Phi) is 4.39. The molecule has 106 valence electrons. The van der Waals surface area contributed by atoms with Crippen LogP contribution in [0.5, 0.6) is 6.01 Å². The van der Waals surface area contributed by atoms with E-state index in [-0.39, 0.29) is 0 Å². The summed E-state index contributed by atoms with van der Waals surface area (Å²) >= 11 is 0. The summed E-state index contributed by atoms with van der Waals surface area (Å²) in [6, 6.07) is 1.35. The number of rotatable bonds is 5. The fourth-order valence-electron chi connectivity index (χ4n) is 2.62. The van der Waals surface area contributed by atoms with Crippen molar-refractivity contribution in [3.8, 4) is 6.01 Å². The zero-order chi connectivity index (χ0) is 13.8. The van der Waals surface area contributed by atoms with Crippen LogP contribution in [0.2, 0.25) is 0 Å². The van der Waals surface area contributed by atoms with Crippen LogP contribution in [0.3, 0.4) is 0 Å². The van der Waals surface area contributed by atoms with E-state index >= 15 is 0 Å². The van der Waals surface area contributed by atoms with Crippen molar-refractivity contribution in [3.63, 3.8) is 0 Å². The number of nitrogens with one attached hydrogen (secondary N) is 1. The van der Waals surface area contributed by atoms with E-state index in [9.17, 15) is 0 Å². The van der Waals surface area contributed by atoms with Gasteiger partial charge in [0.05, 0.1) is 7.11 Å². The first-order valence-corrected chi connectivity index (χ1v) is 7.01. The molecule has 1 aromatic heterocycles. The molecule has 1 aliphatic heterocycles. The lowest BCUT2D eigenvalue weighted by atomic mass is 10.2. The van der Waals surface area contributed by atoms with E-state index in [0.717, 1.165) is 18.9 Å². The van der Waals surface area contributed by atoms with E-state index in [4.69, 9.17) is 4.74 Å². The van der Waals surface area contributed by atoms with Crippen LogP contribution in [0.15, 0.2) is 0 Å². The molecule has 0 bridgehead atoms. The van der Waals surface area contributed by atoms with Gasteiger partial charge in [0.1, 0.15) is 0 Å². The second-order valence-corrected chi connectivity index (χ2v) is 4.87. The Morgan fingerprint density at radius 3 is 2.68 bits per heavy atom. The van der Waals surface area contributed by atoms with Gasteiger partial charge in [0, 0.05) is 18.6 Å². The first kappa shape index (κ1) is 13.8. The Morgan fingerprint density at radius 2 is 2.05 bits per heavy atom. The van der Waals surface area contributed by atoms with Crippen molar-refractivity contribution in [2.75, 3.05) is 23.9 Å². The number of hydrogen-bond donors (Lipinski definition) is 1. The van der Waals surface area contributed by atoms with E-state index in [1.54, 1.807) is 7.11 Å². The molecule has 1 aromatic rings. The lowest BCUT2D eigenvalue weighted by Crippen LogP contribution is -2.35. The first-order valence-electron chi connectivity index (χ1n) is 7.01. The SMILES string of the molecule is CCNc1nc(OC)nc(N2C(C)CCC2CC)n1. The number of methoxy groups -OCH3 is 1. The summed E-state index contributed by atoms with van der Waals surface area (Å²) < 4.78 is 5.18. The molecule has 6 nitrogen and oxygen atoms in total. The van der Waals surface area contributed by atoms with Gasteiger partial charge < -0.3 is 15.0 Å². The number of hydrogen-bond acceptors (Lipinski definition) is 6. The normalized spacial score (nSPS) is 22.6. The molecule has 2 heterocycles. The Labute approximate surface area is 114 Å². The van der Waals surface area contributed by atoms with Crippen molar-refractivity contribution in [1.29, 1.82) is 0 Å². The zero-order valence-corrected chi connectivity index (χ0v) is 12.2. The summed E-state index contributed by atoms with van der Waals surface area (Å²) in [4.78, 5) is 15.4. The van der Waals surface area contributed by atoms with Crippen molar-refractivity contribution < 1.29 is 4.74 Å². The van der Waals surface area contributed by atoms with Crippen LogP contribution in [0.1, 0.15) is 40.0 Å². The predicted molar refractivity (Wildman–Crippen MR) is 75.8 cm³/mol. The highest BCUT2D eigenvalue weighted by molar-refractivity contribution is 5.41. The van der Waals surface area contributed by atoms with Crippen LogP contribution >= 0.6 is 0 Å². The molecule has 0 radical (unpaired) electrons. The maximum atomic E-state index is 5.18. The van der Waals surface area contributed by atoms with Crippen LogP contribution in [0.4, 0.5) is 11.9 Å². The average molecular weight is 265 g/mol. The number of ether oxygens (including phenoxy) is 1. The molecule has 2 atom stereocenters. The van der Waals surface area contributed by atoms with E-state index in [1.165, 1.54) is 12.8 Å². The number of nitrogens with zero attached hydrogens (tertiary/aromatic N) is 4. The zero-order valence-electron chi connectivity index (χ0n) is 12.2. The van der Waals surface area contributed by atoms with Crippen molar-refractivity contribution in [1.82, 2.24) is 15.0 Å². The minimum Gasteiger partial charge on any atom is -0.467 e. The third kappa shape index (κ3) is 2.88. The summed E-state index contributed by atoms with van der Waals surface area (Å²) in [5.74, 6) is 1.30. The lowest BCUT2D eigenvalue weighted by Gasteiger charge is -2.28. The van der Waals surface area contributed by atoms with Gasteiger partial charge in [0.2, 0.25) is 11.9 Å². The third-order valence-corrected chi connectivity index (χ3v) is 3.61. The molecule has 0 amide bonds. The Balaban J connectivity index is 2.34. The summed E-state index contributed by atoms with van der Waals surface area (Å²) in [5.41, 5.74) is 0. The number of anilines is 2.